The van der Waals surface area contributed by atoms with Crippen LogP contribution in [0.3, 0.4) is 0 Å². The average Bonchev–Trinajstić information content (AvgIpc) is 2.78. The minimum Gasteiger partial charge on any atom is -0.298 e. The van der Waals surface area contributed by atoms with E-state index in [1.165, 1.54) is 11.0 Å². The molecule has 0 spiro atoms. The van der Waals surface area contributed by atoms with Crippen LogP contribution in [0.4, 0.5) is 0 Å². The molecule has 0 radical (unpaired) electrons. The van der Waals surface area contributed by atoms with Gasteiger partial charge in [-0.1, -0.05) is 12.1 Å². The Hall–Kier alpha value is -2.41. The van der Waals surface area contributed by atoms with Gasteiger partial charge in [-0.05, 0) is 18.1 Å². The molecule has 0 aliphatic carbocycles. The van der Waals surface area contributed by atoms with Crippen molar-refractivity contribution in [1.29, 1.82) is 0 Å². The van der Waals surface area contributed by atoms with Crippen LogP contribution < -0.4 is 0 Å². The fourth-order valence-corrected chi connectivity index (χ4v) is 1.19. The van der Waals surface area contributed by atoms with Crippen molar-refractivity contribution in [2.24, 2.45) is 0 Å². The standard InChI is InChI=1S/C11H7N3O/c1-2-11-12-8-14(13-11)10-5-3-4-9(6-10)7-15/h1,3-8H. The summed E-state index contributed by atoms with van der Waals surface area (Å²) in [5.41, 5.74) is 1.35. The SMILES string of the molecule is C#Cc1ncn(-c2cccc(C=O)c2)n1. The van der Waals surface area contributed by atoms with Gasteiger partial charge in [0.1, 0.15) is 12.6 Å². The first-order valence-electron chi connectivity index (χ1n) is 4.27. The second kappa shape index (κ2) is 3.76. The fourth-order valence-electron chi connectivity index (χ4n) is 1.19. The molecular formula is C11H7N3O. The van der Waals surface area contributed by atoms with Crippen LogP contribution in [0, 0.1) is 12.3 Å². The first-order chi connectivity index (χ1) is 7.33. The molecule has 0 unspecified atom stereocenters. The summed E-state index contributed by atoms with van der Waals surface area (Å²) >= 11 is 0. The smallest absolute Gasteiger partial charge is 0.225 e. The maximum absolute atomic E-state index is 10.6. The van der Waals surface area contributed by atoms with Crippen molar-refractivity contribution in [3.8, 4) is 18.0 Å². The summed E-state index contributed by atoms with van der Waals surface area (Å²) in [5, 5.41) is 4.03. The predicted molar refractivity (Wildman–Crippen MR) is 54.7 cm³/mol. The first-order valence-corrected chi connectivity index (χ1v) is 4.27. The second-order valence-corrected chi connectivity index (χ2v) is 2.87. The Labute approximate surface area is 86.6 Å². The lowest BCUT2D eigenvalue weighted by Crippen LogP contribution is -1.95. The van der Waals surface area contributed by atoms with Crippen LogP contribution >= 0.6 is 0 Å². The van der Waals surface area contributed by atoms with Crippen molar-refractivity contribution >= 4 is 6.29 Å². The summed E-state index contributed by atoms with van der Waals surface area (Å²) in [6, 6.07) is 7.02. The number of nitrogens with zero attached hydrogens (tertiary/aromatic N) is 3. The van der Waals surface area contributed by atoms with Gasteiger partial charge in [-0.15, -0.1) is 11.5 Å². The number of aromatic nitrogens is 3. The Balaban J connectivity index is 2.45. The summed E-state index contributed by atoms with van der Waals surface area (Å²) in [6.07, 6.45) is 7.45. The number of benzene rings is 1. The number of hydrogen-bond acceptors (Lipinski definition) is 3. The average molecular weight is 197 g/mol. The molecule has 2 aromatic rings. The van der Waals surface area contributed by atoms with Crippen LogP contribution in [-0.4, -0.2) is 21.1 Å². The van der Waals surface area contributed by atoms with Gasteiger partial charge in [-0.2, -0.15) is 0 Å². The summed E-state index contributed by atoms with van der Waals surface area (Å²) in [7, 11) is 0. The van der Waals surface area contributed by atoms with E-state index >= 15 is 0 Å². The molecule has 1 heterocycles. The molecule has 0 N–H and O–H groups in total. The first kappa shape index (κ1) is 9.16. The topological polar surface area (TPSA) is 47.8 Å². The normalized spacial score (nSPS) is 9.53. The zero-order valence-electron chi connectivity index (χ0n) is 7.79. The lowest BCUT2D eigenvalue weighted by atomic mass is 10.2. The highest BCUT2D eigenvalue weighted by Gasteiger charge is 2.00. The molecular weight excluding hydrogens is 190 g/mol. The lowest BCUT2D eigenvalue weighted by Gasteiger charge is -1.99. The molecule has 0 atom stereocenters. The molecule has 0 saturated heterocycles. The molecule has 0 fully saturated rings. The van der Waals surface area contributed by atoms with Crippen LogP contribution in [-0.2, 0) is 0 Å². The summed E-state index contributed by atoms with van der Waals surface area (Å²) in [6.45, 7) is 0. The zero-order valence-corrected chi connectivity index (χ0v) is 7.79. The van der Waals surface area contributed by atoms with Crippen molar-refractivity contribution in [2.75, 3.05) is 0 Å². The van der Waals surface area contributed by atoms with Gasteiger partial charge < -0.3 is 0 Å². The van der Waals surface area contributed by atoms with E-state index in [0.29, 0.717) is 11.4 Å². The minimum absolute atomic E-state index is 0.325. The molecule has 0 saturated carbocycles. The summed E-state index contributed by atoms with van der Waals surface area (Å²) in [5.74, 6) is 2.66. The quantitative estimate of drug-likeness (QED) is 0.534. The molecule has 0 amide bonds. The summed E-state index contributed by atoms with van der Waals surface area (Å²) < 4.78 is 1.53. The van der Waals surface area contributed by atoms with Crippen molar-refractivity contribution in [3.63, 3.8) is 0 Å². The molecule has 15 heavy (non-hydrogen) atoms. The Morgan fingerprint density at radius 1 is 1.47 bits per heavy atom. The van der Waals surface area contributed by atoms with E-state index in [1.54, 1.807) is 18.2 Å². The van der Waals surface area contributed by atoms with E-state index < -0.39 is 0 Å². The van der Waals surface area contributed by atoms with Crippen molar-refractivity contribution in [1.82, 2.24) is 14.8 Å². The van der Waals surface area contributed by atoms with Gasteiger partial charge in [0, 0.05) is 5.56 Å². The molecule has 2 rings (SSSR count). The van der Waals surface area contributed by atoms with Crippen molar-refractivity contribution in [2.45, 2.75) is 0 Å². The monoisotopic (exact) mass is 197 g/mol. The third-order valence-electron chi connectivity index (χ3n) is 1.89. The van der Waals surface area contributed by atoms with E-state index in [1.807, 2.05) is 6.07 Å². The molecule has 0 bridgehead atoms. The highest BCUT2D eigenvalue weighted by Crippen LogP contribution is 2.07. The molecule has 72 valence electrons. The van der Waals surface area contributed by atoms with Crippen LogP contribution in [0.25, 0.3) is 5.69 Å². The van der Waals surface area contributed by atoms with E-state index in [2.05, 4.69) is 16.0 Å². The Morgan fingerprint density at radius 2 is 2.33 bits per heavy atom. The van der Waals surface area contributed by atoms with Crippen molar-refractivity contribution < 1.29 is 4.79 Å². The Bertz CT molecular complexity index is 537. The van der Waals surface area contributed by atoms with Gasteiger partial charge >= 0.3 is 0 Å². The predicted octanol–water partition coefficient (Wildman–Crippen LogP) is 1.06. The number of aldehydes is 1. The molecule has 1 aromatic carbocycles. The largest absolute Gasteiger partial charge is 0.298 e. The number of terminal acetylenes is 1. The lowest BCUT2D eigenvalue weighted by molar-refractivity contribution is 0.112. The van der Waals surface area contributed by atoms with Crippen LogP contribution in [0.2, 0.25) is 0 Å². The highest BCUT2D eigenvalue weighted by atomic mass is 16.1. The van der Waals surface area contributed by atoms with Gasteiger partial charge in [-0.25, -0.2) is 9.67 Å². The van der Waals surface area contributed by atoms with Gasteiger partial charge in [0.2, 0.25) is 5.82 Å². The summed E-state index contributed by atoms with van der Waals surface area (Å²) in [4.78, 5) is 14.5. The molecule has 0 aliphatic rings. The van der Waals surface area contributed by atoms with Crippen LogP contribution in [0.1, 0.15) is 16.2 Å². The number of hydrogen-bond donors (Lipinski definition) is 0. The number of carbonyl (C=O) groups excluding carboxylic acids is 1. The van der Waals surface area contributed by atoms with Gasteiger partial charge in [0.05, 0.1) is 5.69 Å². The number of rotatable bonds is 2. The van der Waals surface area contributed by atoms with E-state index in [9.17, 15) is 4.79 Å². The third kappa shape index (κ3) is 1.76. The van der Waals surface area contributed by atoms with Gasteiger partial charge in [0.25, 0.3) is 0 Å². The molecule has 4 heteroatoms. The van der Waals surface area contributed by atoms with Crippen molar-refractivity contribution in [3.05, 3.63) is 42.0 Å². The van der Waals surface area contributed by atoms with E-state index in [-0.39, 0.29) is 0 Å². The number of carbonyl (C=O) groups is 1. The zero-order chi connectivity index (χ0) is 10.7. The third-order valence-corrected chi connectivity index (χ3v) is 1.89. The van der Waals surface area contributed by atoms with Crippen LogP contribution in [0.15, 0.2) is 30.6 Å². The molecule has 0 aliphatic heterocycles. The molecule has 4 nitrogen and oxygen atoms in total. The van der Waals surface area contributed by atoms with Crippen LogP contribution in [0.5, 0.6) is 0 Å². The molecule has 1 aromatic heterocycles. The van der Waals surface area contributed by atoms with E-state index in [0.717, 1.165) is 12.0 Å². The Kier molecular flexibility index (Phi) is 2.30. The maximum Gasteiger partial charge on any atom is 0.225 e. The fraction of sp³-hybridized carbons (Fsp3) is 0. The Morgan fingerprint density at radius 3 is 3.00 bits per heavy atom. The second-order valence-electron chi connectivity index (χ2n) is 2.87. The van der Waals surface area contributed by atoms with Gasteiger partial charge in [0.15, 0.2) is 0 Å². The van der Waals surface area contributed by atoms with Gasteiger partial charge in [-0.3, -0.25) is 4.79 Å². The highest BCUT2D eigenvalue weighted by molar-refractivity contribution is 5.75. The maximum atomic E-state index is 10.6. The minimum atomic E-state index is 0.325. The van der Waals surface area contributed by atoms with E-state index in [4.69, 9.17) is 6.42 Å².